The number of aromatic nitrogens is 2. The summed E-state index contributed by atoms with van der Waals surface area (Å²) in [5.41, 5.74) is 3.17. The van der Waals surface area contributed by atoms with Crippen molar-refractivity contribution in [3.8, 4) is 5.75 Å². The first-order valence-electron chi connectivity index (χ1n) is 9.52. The van der Waals surface area contributed by atoms with Crippen LogP contribution in [-0.2, 0) is 6.61 Å². The van der Waals surface area contributed by atoms with E-state index in [0.717, 1.165) is 11.3 Å². The molecule has 4 aromatic rings. The van der Waals surface area contributed by atoms with Gasteiger partial charge in [0.05, 0.1) is 10.7 Å². The number of rotatable bonds is 5. The van der Waals surface area contributed by atoms with Gasteiger partial charge in [-0.3, -0.25) is 9.20 Å². The maximum absolute atomic E-state index is 12.2. The normalized spacial score (nSPS) is 10.6. The van der Waals surface area contributed by atoms with Crippen LogP contribution in [0.3, 0.4) is 0 Å². The van der Waals surface area contributed by atoms with E-state index >= 15 is 0 Å². The molecule has 0 saturated carbocycles. The summed E-state index contributed by atoms with van der Waals surface area (Å²) in [5, 5.41) is 6.02. The van der Waals surface area contributed by atoms with Crippen LogP contribution in [0, 0.1) is 6.92 Å². The largest absolute Gasteiger partial charge is 0.487 e. The van der Waals surface area contributed by atoms with E-state index in [0.29, 0.717) is 27.8 Å². The second-order valence-electron chi connectivity index (χ2n) is 6.92. The quantitative estimate of drug-likeness (QED) is 0.469. The molecule has 4 rings (SSSR count). The van der Waals surface area contributed by atoms with Crippen LogP contribution in [0.4, 0.5) is 16.2 Å². The van der Waals surface area contributed by atoms with Crippen LogP contribution < -0.4 is 20.9 Å². The van der Waals surface area contributed by atoms with Gasteiger partial charge < -0.3 is 15.4 Å². The SMILES string of the molecule is Cc1cccc(NC(=O)Nc2ccc(OCc3cc(=O)n4cc(Cl)ccc4n3)cc2)c1. The molecule has 0 saturated heterocycles. The first-order valence-corrected chi connectivity index (χ1v) is 9.89. The maximum Gasteiger partial charge on any atom is 0.323 e. The van der Waals surface area contributed by atoms with Crippen LogP contribution in [0.1, 0.15) is 11.3 Å². The summed E-state index contributed by atoms with van der Waals surface area (Å²) in [7, 11) is 0. The van der Waals surface area contributed by atoms with E-state index in [-0.39, 0.29) is 18.2 Å². The molecule has 0 radical (unpaired) electrons. The number of carbonyl (C=O) groups is 1. The summed E-state index contributed by atoms with van der Waals surface area (Å²) in [6, 6.07) is 18.9. The van der Waals surface area contributed by atoms with Crippen LogP contribution in [0.25, 0.3) is 5.65 Å². The highest BCUT2D eigenvalue weighted by Gasteiger charge is 2.06. The summed E-state index contributed by atoms with van der Waals surface area (Å²) < 4.78 is 7.11. The minimum absolute atomic E-state index is 0.134. The fraction of sp³-hybridized carbons (Fsp3) is 0.0870. The Labute approximate surface area is 183 Å². The van der Waals surface area contributed by atoms with Gasteiger partial charge in [0.25, 0.3) is 5.56 Å². The highest BCUT2D eigenvalue weighted by atomic mass is 35.5. The molecule has 0 aliphatic carbocycles. The Bertz CT molecular complexity index is 1300. The zero-order chi connectivity index (χ0) is 21.8. The van der Waals surface area contributed by atoms with Crippen LogP contribution in [0.5, 0.6) is 5.75 Å². The predicted octanol–water partition coefficient (Wildman–Crippen LogP) is 4.88. The number of nitrogens with zero attached hydrogens (tertiary/aromatic N) is 2. The van der Waals surface area contributed by atoms with Gasteiger partial charge in [0.2, 0.25) is 0 Å². The molecular formula is C23H19ClN4O3. The van der Waals surface area contributed by atoms with Crippen LogP contribution in [-0.4, -0.2) is 15.4 Å². The van der Waals surface area contributed by atoms with E-state index in [4.69, 9.17) is 16.3 Å². The molecule has 0 aliphatic heterocycles. The number of pyridine rings is 1. The molecule has 156 valence electrons. The molecule has 8 heteroatoms. The lowest BCUT2D eigenvalue weighted by Crippen LogP contribution is -2.19. The van der Waals surface area contributed by atoms with Crippen LogP contribution in [0.2, 0.25) is 5.02 Å². The molecule has 0 bridgehead atoms. The molecular weight excluding hydrogens is 416 g/mol. The Morgan fingerprint density at radius 1 is 1.03 bits per heavy atom. The zero-order valence-corrected chi connectivity index (χ0v) is 17.4. The fourth-order valence-corrected chi connectivity index (χ4v) is 3.17. The van der Waals surface area contributed by atoms with Crippen LogP contribution in [0.15, 0.2) is 77.7 Å². The van der Waals surface area contributed by atoms with Crippen molar-refractivity contribution in [2.45, 2.75) is 13.5 Å². The lowest BCUT2D eigenvalue weighted by molar-refractivity contribution is 0.262. The van der Waals surface area contributed by atoms with Gasteiger partial charge in [0.1, 0.15) is 18.0 Å². The summed E-state index contributed by atoms with van der Waals surface area (Å²) in [5.74, 6) is 0.586. The van der Waals surface area contributed by atoms with Crippen molar-refractivity contribution in [2.75, 3.05) is 10.6 Å². The van der Waals surface area contributed by atoms with E-state index in [1.165, 1.54) is 16.7 Å². The number of hydrogen-bond donors (Lipinski definition) is 2. The highest BCUT2D eigenvalue weighted by molar-refractivity contribution is 6.30. The summed E-state index contributed by atoms with van der Waals surface area (Å²) in [6.07, 6.45) is 1.53. The zero-order valence-electron chi connectivity index (χ0n) is 16.6. The Kier molecular flexibility index (Phi) is 5.86. The average molecular weight is 435 g/mol. The third-order valence-corrected chi connectivity index (χ3v) is 4.67. The Morgan fingerprint density at radius 2 is 1.81 bits per heavy atom. The molecule has 0 spiro atoms. The number of benzene rings is 2. The Hall–Kier alpha value is -3.84. The van der Waals surface area contributed by atoms with Crippen molar-refractivity contribution in [3.63, 3.8) is 0 Å². The molecule has 7 nitrogen and oxygen atoms in total. The smallest absolute Gasteiger partial charge is 0.323 e. The number of amides is 2. The highest BCUT2D eigenvalue weighted by Crippen LogP contribution is 2.18. The maximum atomic E-state index is 12.2. The number of halogens is 1. The second kappa shape index (κ2) is 8.89. The third kappa shape index (κ3) is 5.21. The molecule has 2 aromatic heterocycles. The van der Waals surface area contributed by atoms with Crippen molar-refractivity contribution >= 4 is 34.7 Å². The number of aryl methyl sites for hydroxylation is 1. The molecule has 0 fully saturated rings. The van der Waals surface area contributed by atoms with Gasteiger partial charge in [-0.2, -0.15) is 0 Å². The molecule has 0 atom stereocenters. The van der Waals surface area contributed by atoms with Gasteiger partial charge in [0.15, 0.2) is 0 Å². The lowest BCUT2D eigenvalue weighted by Gasteiger charge is -2.10. The number of hydrogen-bond acceptors (Lipinski definition) is 4. The van der Waals surface area contributed by atoms with Crippen molar-refractivity contribution in [3.05, 3.63) is 99.6 Å². The average Bonchev–Trinajstić information content (AvgIpc) is 2.74. The molecule has 2 amide bonds. The van der Waals surface area contributed by atoms with Crippen molar-refractivity contribution < 1.29 is 9.53 Å². The fourth-order valence-electron chi connectivity index (χ4n) is 3.01. The van der Waals surface area contributed by atoms with Crippen molar-refractivity contribution in [2.24, 2.45) is 0 Å². The predicted molar refractivity (Wildman–Crippen MR) is 121 cm³/mol. The van der Waals surface area contributed by atoms with Gasteiger partial charge >= 0.3 is 6.03 Å². The van der Waals surface area contributed by atoms with E-state index in [1.807, 2.05) is 31.2 Å². The summed E-state index contributed by atoms with van der Waals surface area (Å²) >= 11 is 5.92. The summed E-state index contributed by atoms with van der Waals surface area (Å²) in [6.45, 7) is 2.09. The van der Waals surface area contributed by atoms with Gasteiger partial charge in [-0.1, -0.05) is 23.7 Å². The molecule has 31 heavy (non-hydrogen) atoms. The number of urea groups is 1. The first kappa shape index (κ1) is 20.4. The minimum Gasteiger partial charge on any atom is -0.487 e. The van der Waals surface area contributed by atoms with Crippen LogP contribution >= 0.6 is 11.6 Å². The Balaban J connectivity index is 1.36. The van der Waals surface area contributed by atoms with E-state index in [1.54, 1.807) is 36.4 Å². The molecule has 2 N–H and O–H groups in total. The van der Waals surface area contributed by atoms with Crippen molar-refractivity contribution in [1.82, 2.24) is 9.38 Å². The standard InChI is InChI=1S/C23H19ClN4O3/c1-15-3-2-4-18(11-15)27-23(30)26-17-6-8-20(9-7-17)31-14-19-12-22(29)28-13-16(24)5-10-21(28)25-19/h2-13H,14H2,1H3,(H2,26,27,30). The van der Waals surface area contributed by atoms with Gasteiger partial charge in [-0.15, -0.1) is 0 Å². The Morgan fingerprint density at radius 3 is 2.58 bits per heavy atom. The minimum atomic E-state index is -0.333. The summed E-state index contributed by atoms with van der Waals surface area (Å²) in [4.78, 5) is 28.8. The van der Waals surface area contributed by atoms with E-state index in [9.17, 15) is 9.59 Å². The van der Waals surface area contributed by atoms with E-state index in [2.05, 4.69) is 15.6 Å². The molecule has 2 heterocycles. The first-order chi connectivity index (χ1) is 15.0. The van der Waals surface area contributed by atoms with Gasteiger partial charge in [-0.05, 0) is 61.0 Å². The third-order valence-electron chi connectivity index (χ3n) is 4.45. The van der Waals surface area contributed by atoms with Crippen molar-refractivity contribution in [1.29, 1.82) is 0 Å². The monoisotopic (exact) mass is 434 g/mol. The molecule has 0 aliphatic rings. The molecule has 2 aromatic carbocycles. The number of nitrogens with one attached hydrogen (secondary N) is 2. The van der Waals surface area contributed by atoms with E-state index < -0.39 is 0 Å². The number of fused-ring (bicyclic) bond motifs is 1. The number of anilines is 2. The lowest BCUT2D eigenvalue weighted by atomic mass is 10.2. The second-order valence-corrected chi connectivity index (χ2v) is 7.36. The molecule has 0 unspecified atom stereocenters. The topological polar surface area (TPSA) is 84.7 Å². The van der Waals surface area contributed by atoms with Gasteiger partial charge in [0, 0.05) is 23.6 Å². The number of carbonyl (C=O) groups excluding carboxylic acids is 1. The van der Waals surface area contributed by atoms with Gasteiger partial charge in [-0.25, -0.2) is 9.78 Å². The number of ether oxygens (including phenoxy) is 1.